The Morgan fingerprint density at radius 3 is 2.35 bits per heavy atom. The van der Waals surface area contributed by atoms with Crippen molar-refractivity contribution in [3.63, 3.8) is 0 Å². The number of benzene rings is 2. The van der Waals surface area contributed by atoms with Gasteiger partial charge in [-0.3, -0.25) is 4.98 Å². The molecule has 0 aliphatic heterocycles. The number of hydrogen-bond acceptors (Lipinski definition) is 2. The van der Waals surface area contributed by atoms with E-state index in [0.717, 1.165) is 5.52 Å². The van der Waals surface area contributed by atoms with E-state index >= 15 is 0 Å². The molecule has 0 saturated heterocycles. The van der Waals surface area contributed by atoms with Crippen molar-refractivity contribution >= 4 is 28.7 Å². The largest absolute Gasteiger partial charge is 0.377 e. The Labute approximate surface area is 138 Å². The molecule has 116 valence electrons. The molecule has 1 heterocycles. The molecule has 3 rings (SSSR count). The lowest BCUT2D eigenvalue weighted by Gasteiger charge is -2.18. The zero-order valence-electron chi connectivity index (χ0n) is 14.2. The molecule has 0 bridgehead atoms. The Bertz CT molecular complexity index is 871. The van der Waals surface area contributed by atoms with E-state index in [1.54, 1.807) is 0 Å². The van der Waals surface area contributed by atoms with Crippen LogP contribution in [0.2, 0.25) is 0 Å². The van der Waals surface area contributed by atoms with Gasteiger partial charge >= 0.3 is 0 Å². The van der Waals surface area contributed by atoms with Crippen LogP contribution in [0.5, 0.6) is 0 Å². The zero-order chi connectivity index (χ0) is 16.4. The second-order valence-electron chi connectivity index (χ2n) is 6.07. The van der Waals surface area contributed by atoms with Crippen LogP contribution in [-0.4, -0.2) is 19.1 Å². The average molecular weight is 302 g/mol. The second-order valence-corrected chi connectivity index (χ2v) is 6.07. The number of pyridine rings is 1. The van der Waals surface area contributed by atoms with Crippen LogP contribution in [0.1, 0.15) is 22.3 Å². The summed E-state index contributed by atoms with van der Waals surface area (Å²) >= 11 is 0. The molecule has 0 spiro atoms. The van der Waals surface area contributed by atoms with E-state index in [2.05, 4.69) is 80.3 Å². The Morgan fingerprint density at radius 2 is 1.57 bits per heavy atom. The first-order chi connectivity index (χ1) is 11.1. The molecule has 0 aliphatic carbocycles. The van der Waals surface area contributed by atoms with Crippen molar-refractivity contribution in [3.8, 4) is 0 Å². The normalized spacial score (nSPS) is 11.3. The number of rotatable bonds is 3. The maximum atomic E-state index is 4.42. The predicted octanol–water partition coefficient (Wildman–Crippen LogP) is 5.09. The van der Waals surface area contributed by atoms with Crippen LogP contribution >= 0.6 is 0 Å². The molecule has 2 heteroatoms. The van der Waals surface area contributed by atoms with Crippen LogP contribution in [0.4, 0.5) is 5.69 Å². The molecular weight excluding hydrogens is 280 g/mol. The summed E-state index contributed by atoms with van der Waals surface area (Å²) in [6, 6.07) is 14.7. The average Bonchev–Trinajstić information content (AvgIpc) is 2.56. The molecule has 3 aromatic rings. The van der Waals surface area contributed by atoms with Crippen molar-refractivity contribution in [2.24, 2.45) is 0 Å². The van der Waals surface area contributed by atoms with Gasteiger partial charge in [0.25, 0.3) is 0 Å². The van der Waals surface area contributed by atoms with Gasteiger partial charge in [0, 0.05) is 31.4 Å². The van der Waals surface area contributed by atoms with Crippen molar-refractivity contribution in [1.82, 2.24) is 4.98 Å². The van der Waals surface area contributed by atoms with E-state index in [9.17, 15) is 0 Å². The third kappa shape index (κ3) is 2.98. The molecule has 1 aromatic heterocycles. The minimum atomic E-state index is 1.03. The van der Waals surface area contributed by atoms with Gasteiger partial charge in [-0.25, -0.2) is 0 Å². The fraction of sp³-hybridized carbons (Fsp3) is 0.190. The summed E-state index contributed by atoms with van der Waals surface area (Å²) in [4.78, 5) is 6.58. The molecule has 0 N–H and O–H groups in total. The molecule has 0 fully saturated rings. The predicted molar refractivity (Wildman–Crippen MR) is 101 cm³/mol. The van der Waals surface area contributed by atoms with Crippen molar-refractivity contribution < 1.29 is 0 Å². The number of anilines is 1. The SMILES string of the molecule is Cc1c(/C=C/c2ccnc3ccccc23)ccc(N(C)C)c1C. The Balaban J connectivity index is 2.01. The standard InChI is InChI=1S/C21H22N2/c1-15-16(2)21(23(3)4)12-11-17(15)9-10-18-13-14-22-20-8-6-5-7-19(18)20/h5-14H,1-4H3/b10-9+. The molecule has 2 aromatic carbocycles. The summed E-state index contributed by atoms with van der Waals surface area (Å²) < 4.78 is 0. The molecule has 0 radical (unpaired) electrons. The Hall–Kier alpha value is -2.61. The number of hydrogen-bond donors (Lipinski definition) is 0. The molecular formula is C21H22N2. The van der Waals surface area contributed by atoms with Crippen LogP contribution in [0.3, 0.4) is 0 Å². The first-order valence-corrected chi connectivity index (χ1v) is 7.87. The Morgan fingerprint density at radius 1 is 0.826 bits per heavy atom. The van der Waals surface area contributed by atoms with Crippen molar-refractivity contribution in [2.45, 2.75) is 13.8 Å². The smallest absolute Gasteiger partial charge is 0.0707 e. The Kier molecular flexibility index (Phi) is 4.16. The van der Waals surface area contributed by atoms with Gasteiger partial charge in [-0.15, -0.1) is 0 Å². The molecule has 0 unspecified atom stereocenters. The number of nitrogens with zero attached hydrogens (tertiary/aromatic N) is 2. The van der Waals surface area contributed by atoms with Gasteiger partial charge in [0.05, 0.1) is 5.52 Å². The maximum Gasteiger partial charge on any atom is 0.0707 e. The first kappa shape index (κ1) is 15.3. The molecule has 0 aliphatic rings. The summed E-state index contributed by atoms with van der Waals surface area (Å²) in [5.74, 6) is 0. The fourth-order valence-corrected chi connectivity index (χ4v) is 2.94. The highest BCUT2D eigenvalue weighted by Gasteiger charge is 2.06. The molecule has 0 amide bonds. The lowest BCUT2D eigenvalue weighted by molar-refractivity contribution is 1.10. The summed E-state index contributed by atoms with van der Waals surface area (Å²) in [6.45, 7) is 4.37. The van der Waals surface area contributed by atoms with E-state index in [0.29, 0.717) is 0 Å². The topological polar surface area (TPSA) is 16.1 Å². The minimum Gasteiger partial charge on any atom is -0.377 e. The summed E-state index contributed by atoms with van der Waals surface area (Å²) in [5.41, 5.74) is 7.42. The second kappa shape index (κ2) is 6.25. The van der Waals surface area contributed by atoms with Crippen LogP contribution in [0.25, 0.3) is 23.1 Å². The van der Waals surface area contributed by atoms with Crippen LogP contribution in [0, 0.1) is 13.8 Å². The van der Waals surface area contributed by atoms with E-state index in [1.807, 2.05) is 18.3 Å². The number of para-hydroxylation sites is 1. The summed E-state index contributed by atoms with van der Waals surface area (Å²) in [7, 11) is 4.17. The fourth-order valence-electron chi connectivity index (χ4n) is 2.94. The highest BCUT2D eigenvalue weighted by Crippen LogP contribution is 2.26. The van der Waals surface area contributed by atoms with Crippen LogP contribution < -0.4 is 4.90 Å². The lowest BCUT2D eigenvalue weighted by Crippen LogP contribution is -2.11. The van der Waals surface area contributed by atoms with E-state index < -0.39 is 0 Å². The van der Waals surface area contributed by atoms with Gasteiger partial charge < -0.3 is 4.90 Å². The molecule has 0 atom stereocenters. The van der Waals surface area contributed by atoms with Gasteiger partial charge in [0.2, 0.25) is 0 Å². The first-order valence-electron chi connectivity index (χ1n) is 7.87. The van der Waals surface area contributed by atoms with Crippen LogP contribution in [0.15, 0.2) is 48.7 Å². The lowest BCUT2D eigenvalue weighted by atomic mass is 9.99. The van der Waals surface area contributed by atoms with E-state index in [4.69, 9.17) is 0 Å². The monoisotopic (exact) mass is 302 g/mol. The maximum absolute atomic E-state index is 4.42. The van der Waals surface area contributed by atoms with Crippen molar-refractivity contribution in [1.29, 1.82) is 0 Å². The van der Waals surface area contributed by atoms with Gasteiger partial charge in [0.1, 0.15) is 0 Å². The van der Waals surface area contributed by atoms with Gasteiger partial charge in [0.15, 0.2) is 0 Å². The van der Waals surface area contributed by atoms with Crippen molar-refractivity contribution in [3.05, 3.63) is 70.9 Å². The molecule has 0 saturated carbocycles. The highest BCUT2D eigenvalue weighted by atomic mass is 15.1. The minimum absolute atomic E-state index is 1.03. The van der Waals surface area contributed by atoms with Crippen molar-refractivity contribution in [2.75, 3.05) is 19.0 Å². The van der Waals surface area contributed by atoms with Gasteiger partial charge in [-0.2, -0.15) is 0 Å². The number of fused-ring (bicyclic) bond motifs is 1. The molecule has 23 heavy (non-hydrogen) atoms. The zero-order valence-corrected chi connectivity index (χ0v) is 14.2. The summed E-state index contributed by atoms with van der Waals surface area (Å²) in [6.07, 6.45) is 6.25. The molecule has 2 nitrogen and oxygen atoms in total. The third-order valence-corrected chi connectivity index (χ3v) is 4.41. The summed E-state index contributed by atoms with van der Waals surface area (Å²) in [5, 5.41) is 1.19. The highest BCUT2D eigenvalue weighted by molar-refractivity contribution is 5.90. The van der Waals surface area contributed by atoms with Crippen LogP contribution in [-0.2, 0) is 0 Å². The van der Waals surface area contributed by atoms with Gasteiger partial charge in [-0.05, 0) is 54.3 Å². The van der Waals surface area contributed by atoms with E-state index in [1.165, 1.54) is 33.3 Å². The van der Waals surface area contributed by atoms with E-state index in [-0.39, 0.29) is 0 Å². The number of aromatic nitrogens is 1. The quantitative estimate of drug-likeness (QED) is 0.670. The van der Waals surface area contributed by atoms with Gasteiger partial charge in [-0.1, -0.05) is 36.4 Å². The third-order valence-electron chi connectivity index (χ3n) is 4.41.